The molecule has 0 aliphatic carbocycles. The molecule has 0 radical (unpaired) electrons. The highest BCUT2D eigenvalue weighted by Gasteiger charge is 2.35. The maximum Gasteiger partial charge on any atom is 0.303 e. The third-order valence-corrected chi connectivity index (χ3v) is 4.20. The fourth-order valence-corrected chi connectivity index (χ4v) is 2.93. The molecule has 0 aromatic heterocycles. The van der Waals surface area contributed by atoms with Gasteiger partial charge in [0.25, 0.3) is 0 Å². The number of carboxylic acids is 1. The van der Waals surface area contributed by atoms with Gasteiger partial charge in [0.05, 0.1) is 5.92 Å². The number of benzene rings is 1. The fraction of sp³-hybridized carbons (Fsp3) is 0.471. The summed E-state index contributed by atoms with van der Waals surface area (Å²) < 4.78 is 11.0. The Hall–Kier alpha value is -2.77. The van der Waals surface area contributed by atoms with Crippen molar-refractivity contribution in [2.75, 3.05) is 31.2 Å². The maximum absolute atomic E-state index is 12.3. The number of carbonyl (C=O) groups is 3. The van der Waals surface area contributed by atoms with Crippen LogP contribution in [0.5, 0.6) is 11.5 Å². The molecule has 25 heavy (non-hydrogen) atoms. The van der Waals surface area contributed by atoms with Gasteiger partial charge in [0.15, 0.2) is 11.5 Å². The Labute approximate surface area is 144 Å². The minimum Gasteiger partial charge on any atom is -0.486 e. The second-order valence-electron chi connectivity index (χ2n) is 6.02. The first-order chi connectivity index (χ1) is 12.0. The number of carboxylic acid groups (broad SMARTS) is 1. The van der Waals surface area contributed by atoms with Gasteiger partial charge in [-0.2, -0.15) is 0 Å². The number of fused-ring (bicyclic) bond motifs is 1. The van der Waals surface area contributed by atoms with Gasteiger partial charge in [-0.3, -0.25) is 14.4 Å². The van der Waals surface area contributed by atoms with Crippen LogP contribution in [0.1, 0.15) is 19.3 Å². The lowest BCUT2D eigenvalue weighted by Crippen LogP contribution is -2.33. The Kier molecular flexibility index (Phi) is 5.06. The number of anilines is 1. The first-order valence-electron chi connectivity index (χ1n) is 8.24. The molecule has 0 saturated carbocycles. The summed E-state index contributed by atoms with van der Waals surface area (Å²) in [5.74, 6) is -0.436. The molecule has 3 rings (SSSR count). The quantitative estimate of drug-likeness (QED) is 0.737. The number of rotatable bonds is 6. The van der Waals surface area contributed by atoms with E-state index in [1.54, 1.807) is 23.1 Å². The van der Waals surface area contributed by atoms with Gasteiger partial charge in [-0.25, -0.2) is 0 Å². The molecule has 2 amide bonds. The molecular formula is C17H20N2O6. The SMILES string of the molecule is O=C(O)CCCNC(=O)C1CC(=O)N(c2ccc3c(c2)OCCO3)C1. The summed E-state index contributed by atoms with van der Waals surface area (Å²) in [6.45, 7) is 1.55. The van der Waals surface area contributed by atoms with Crippen molar-refractivity contribution in [3.05, 3.63) is 18.2 Å². The van der Waals surface area contributed by atoms with Crippen LogP contribution in [0.3, 0.4) is 0 Å². The van der Waals surface area contributed by atoms with Crippen LogP contribution < -0.4 is 19.7 Å². The van der Waals surface area contributed by atoms with Crippen molar-refractivity contribution in [1.82, 2.24) is 5.32 Å². The smallest absolute Gasteiger partial charge is 0.303 e. The number of nitrogens with one attached hydrogen (secondary N) is 1. The van der Waals surface area contributed by atoms with Gasteiger partial charge in [0, 0.05) is 37.7 Å². The predicted molar refractivity (Wildman–Crippen MR) is 87.8 cm³/mol. The molecule has 2 aliphatic rings. The molecule has 0 bridgehead atoms. The third kappa shape index (κ3) is 4.01. The first kappa shape index (κ1) is 17.1. The van der Waals surface area contributed by atoms with E-state index >= 15 is 0 Å². The lowest BCUT2D eigenvalue weighted by atomic mass is 10.1. The minimum absolute atomic E-state index is 0.00714. The Bertz CT molecular complexity index is 690. The van der Waals surface area contributed by atoms with Crippen molar-refractivity contribution in [3.63, 3.8) is 0 Å². The molecule has 1 atom stereocenters. The van der Waals surface area contributed by atoms with Gasteiger partial charge in [0.2, 0.25) is 11.8 Å². The topological polar surface area (TPSA) is 105 Å². The van der Waals surface area contributed by atoms with E-state index in [9.17, 15) is 14.4 Å². The normalized spacial score (nSPS) is 19.0. The van der Waals surface area contributed by atoms with Crippen LogP contribution in [0, 0.1) is 5.92 Å². The minimum atomic E-state index is -0.893. The lowest BCUT2D eigenvalue weighted by Gasteiger charge is -2.22. The molecule has 1 unspecified atom stereocenters. The molecule has 2 heterocycles. The Morgan fingerprint density at radius 2 is 2.00 bits per heavy atom. The molecule has 0 spiro atoms. The van der Waals surface area contributed by atoms with E-state index in [0.29, 0.717) is 49.9 Å². The van der Waals surface area contributed by atoms with E-state index in [-0.39, 0.29) is 24.7 Å². The molecule has 134 valence electrons. The van der Waals surface area contributed by atoms with E-state index < -0.39 is 11.9 Å². The van der Waals surface area contributed by atoms with Gasteiger partial charge in [-0.1, -0.05) is 0 Å². The van der Waals surface area contributed by atoms with Crippen LogP contribution in [0.15, 0.2) is 18.2 Å². The standard InChI is InChI=1S/C17H20N2O6/c20-15-8-11(17(23)18-5-1-2-16(21)22)10-19(15)12-3-4-13-14(9-12)25-7-6-24-13/h3-4,9,11H,1-2,5-8,10H2,(H,18,23)(H,21,22). The maximum atomic E-state index is 12.3. The van der Waals surface area contributed by atoms with Gasteiger partial charge in [-0.05, 0) is 18.6 Å². The highest BCUT2D eigenvalue weighted by Crippen LogP contribution is 2.35. The molecule has 8 nitrogen and oxygen atoms in total. The highest BCUT2D eigenvalue weighted by molar-refractivity contribution is 6.00. The lowest BCUT2D eigenvalue weighted by molar-refractivity contribution is -0.137. The average Bonchev–Trinajstić information content (AvgIpc) is 3.00. The van der Waals surface area contributed by atoms with Crippen LogP contribution in [-0.2, 0) is 14.4 Å². The summed E-state index contributed by atoms with van der Waals surface area (Å²) in [5, 5.41) is 11.3. The summed E-state index contributed by atoms with van der Waals surface area (Å²) in [6.07, 6.45) is 0.514. The molecule has 1 aromatic rings. The molecular weight excluding hydrogens is 328 g/mol. The monoisotopic (exact) mass is 348 g/mol. The highest BCUT2D eigenvalue weighted by atomic mass is 16.6. The zero-order chi connectivity index (χ0) is 17.8. The number of hydrogen-bond acceptors (Lipinski definition) is 5. The summed E-state index contributed by atoms with van der Waals surface area (Å²) in [5.41, 5.74) is 0.676. The van der Waals surface area contributed by atoms with Crippen LogP contribution >= 0.6 is 0 Å². The van der Waals surface area contributed by atoms with E-state index in [1.165, 1.54) is 0 Å². The predicted octanol–water partition coefficient (Wildman–Crippen LogP) is 0.792. The number of ether oxygens (including phenoxy) is 2. The average molecular weight is 348 g/mol. The summed E-state index contributed by atoms with van der Waals surface area (Å²) in [7, 11) is 0. The fourth-order valence-electron chi connectivity index (χ4n) is 2.93. The summed E-state index contributed by atoms with van der Waals surface area (Å²) >= 11 is 0. The Morgan fingerprint density at radius 1 is 1.24 bits per heavy atom. The Morgan fingerprint density at radius 3 is 2.76 bits per heavy atom. The van der Waals surface area contributed by atoms with Crippen molar-refractivity contribution in [2.45, 2.75) is 19.3 Å². The van der Waals surface area contributed by atoms with Crippen LogP contribution in [0.25, 0.3) is 0 Å². The van der Waals surface area contributed by atoms with Gasteiger partial charge >= 0.3 is 5.97 Å². The number of aliphatic carboxylic acids is 1. The van der Waals surface area contributed by atoms with Crippen LogP contribution in [0.4, 0.5) is 5.69 Å². The summed E-state index contributed by atoms with van der Waals surface area (Å²) in [6, 6.07) is 5.29. The van der Waals surface area contributed by atoms with Crippen molar-refractivity contribution in [3.8, 4) is 11.5 Å². The van der Waals surface area contributed by atoms with Crippen molar-refractivity contribution in [2.24, 2.45) is 5.92 Å². The van der Waals surface area contributed by atoms with E-state index in [1.807, 2.05) is 0 Å². The number of nitrogens with zero attached hydrogens (tertiary/aromatic N) is 1. The van der Waals surface area contributed by atoms with E-state index in [2.05, 4.69) is 5.32 Å². The third-order valence-electron chi connectivity index (χ3n) is 4.20. The molecule has 2 N–H and O–H groups in total. The summed E-state index contributed by atoms with van der Waals surface area (Å²) in [4.78, 5) is 36.5. The molecule has 1 fully saturated rings. The molecule has 1 aromatic carbocycles. The second-order valence-corrected chi connectivity index (χ2v) is 6.02. The number of carbonyl (C=O) groups excluding carboxylic acids is 2. The van der Waals surface area contributed by atoms with Crippen LogP contribution in [-0.4, -0.2) is 49.2 Å². The van der Waals surface area contributed by atoms with Gasteiger partial charge in [-0.15, -0.1) is 0 Å². The number of hydrogen-bond donors (Lipinski definition) is 2. The van der Waals surface area contributed by atoms with Crippen molar-refractivity contribution in [1.29, 1.82) is 0 Å². The zero-order valence-electron chi connectivity index (χ0n) is 13.7. The van der Waals surface area contributed by atoms with E-state index in [4.69, 9.17) is 14.6 Å². The van der Waals surface area contributed by atoms with Gasteiger partial charge < -0.3 is 24.8 Å². The van der Waals surface area contributed by atoms with Crippen molar-refractivity contribution < 1.29 is 29.0 Å². The number of amides is 2. The van der Waals surface area contributed by atoms with E-state index in [0.717, 1.165) is 0 Å². The second kappa shape index (κ2) is 7.42. The molecule has 2 aliphatic heterocycles. The first-order valence-corrected chi connectivity index (χ1v) is 8.24. The molecule has 1 saturated heterocycles. The van der Waals surface area contributed by atoms with Crippen molar-refractivity contribution >= 4 is 23.5 Å². The van der Waals surface area contributed by atoms with Crippen LogP contribution in [0.2, 0.25) is 0 Å². The molecule has 8 heteroatoms. The Balaban J connectivity index is 1.58. The van der Waals surface area contributed by atoms with Gasteiger partial charge in [0.1, 0.15) is 13.2 Å². The zero-order valence-corrected chi connectivity index (χ0v) is 13.7. The largest absolute Gasteiger partial charge is 0.486 e.